The molecule has 2 N–H and O–H groups in total. The number of para-hydroxylation sites is 1. The van der Waals surface area contributed by atoms with Gasteiger partial charge in [-0.15, -0.1) is 0 Å². The predicted octanol–water partition coefficient (Wildman–Crippen LogP) is 3.38. The van der Waals surface area contributed by atoms with Crippen LogP contribution in [0.2, 0.25) is 0 Å². The average Bonchev–Trinajstić information content (AvgIpc) is 2.85. The zero-order chi connectivity index (χ0) is 22.2. The van der Waals surface area contributed by atoms with E-state index >= 15 is 0 Å². The number of carbonyl (C=O) groups is 1. The summed E-state index contributed by atoms with van der Waals surface area (Å²) in [5, 5.41) is 7.60. The molecule has 1 aliphatic rings. The number of likely N-dealkylation sites (tertiary alicyclic amines) is 1. The summed E-state index contributed by atoms with van der Waals surface area (Å²) in [5.74, 6) is 1.40. The Morgan fingerprint density at radius 1 is 1.03 bits per heavy atom. The van der Waals surface area contributed by atoms with Gasteiger partial charge in [0.2, 0.25) is 5.91 Å². The standard InChI is InChI=1S/C26H31N5O/c1-27-26(29-18-22-11-14-28-24-10-6-5-9-23(22)24)30-19-25(32)31-15-12-21(13-16-31)17-20-7-3-2-4-8-20/h2-11,14,21H,12-13,15-19H2,1H3,(H2,27,29,30). The van der Waals surface area contributed by atoms with Crippen LogP contribution in [0.5, 0.6) is 0 Å². The molecule has 1 saturated heterocycles. The zero-order valence-corrected chi connectivity index (χ0v) is 18.6. The summed E-state index contributed by atoms with van der Waals surface area (Å²) in [6.07, 6.45) is 5.04. The van der Waals surface area contributed by atoms with Crippen LogP contribution in [-0.4, -0.2) is 48.4 Å². The molecule has 2 aromatic carbocycles. The quantitative estimate of drug-likeness (QED) is 0.466. The van der Waals surface area contributed by atoms with Crippen molar-refractivity contribution in [2.45, 2.75) is 25.8 Å². The monoisotopic (exact) mass is 429 g/mol. The summed E-state index contributed by atoms with van der Waals surface area (Å²) in [5.41, 5.74) is 3.50. The molecule has 32 heavy (non-hydrogen) atoms. The average molecular weight is 430 g/mol. The summed E-state index contributed by atoms with van der Waals surface area (Å²) in [4.78, 5) is 23.3. The number of nitrogens with one attached hydrogen (secondary N) is 2. The van der Waals surface area contributed by atoms with Crippen molar-refractivity contribution in [2.75, 3.05) is 26.7 Å². The van der Waals surface area contributed by atoms with Gasteiger partial charge in [0.05, 0.1) is 12.1 Å². The highest BCUT2D eigenvalue weighted by molar-refractivity contribution is 5.87. The normalized spacial score (nSPS) is 15.0. The van der Waals surface area contributed by atoms with Gasteiger partial charge in [-0.3, -0.25) is 14.8 Å². The second kappa shape index (κ2) is 10.8. The van der Waals surface area contributed by atoms with E-state index in [0.717, 1.165) is 48.8 Å². The number of carbonyl (C=O) groups excluding carboxylic acids is 1. The minimum Gasteiger partial charge on any atom is -0.352 e. The maximum atomic E-state index is 12.7. The molecule has 6 nitrogen and oxygen atoms in total. The van der Waals surface area contributed by atoms with Crippen LogP contribution < -0.4 is 10.6 Å². The maximum Gasteiger partial charge on any atom is 0.241 e. The van der Waals surface area contributed by atoms with Crippen molar-refractivity contribution >= 4 is 22.8 Å². The summed E-state index contributed by atoms with van der Waals surface area (Å²) >= 11 is 0. The first-order chi connectivity index (χ1) is 15.7. The number of hydrogen-bond donors (Lipinski definition) is 2. The molecule has 4 rings (SSSR count). The Morgan fingerprint density at radius 3 is 2.56 bits per heavy atom. The first-order valence-corrected chi connectivity index (χ1v) is 11.3. The molecule has 0 spiro atoms. The lowest BCUT2D eigenvalue weighted by molar-refractivity contribution is -0.131. The Hall–Kier alpha value is -3.41. The topological polar surface area (TPSA) is 69.6 Å². The number of piperidine rings is 1. The van der Waals surface area contributed by atoms with Crippen LogP contribution in [0.25, 0.3) is 10.9 Å². The van der Waals surface area contributed by atoms with E-state index in [4.69, 9.17) is 0 Å². The highest BCUT2D eigenvalue weighted by Crippen LogP contribution is 2.21. The first-order valence-electron chi connectivity index (χ1n) is 11.3. The molecule has 1 fully saturated rings. The van der Waals surface area contributed by atoms with Gasteiger partial charge in [0, 0.05) is 38.3 Å². The number of amides is 1. The van der Waals surface area contributed by atoms with Crippen molar-refractivity contribution in [1.82, 2.24) is 20.5 Å². The van der Waals surface area contributed by atoms with Crippen molar-refractivity contribution in [3.8, 4) is 0 Å². The van der Waals surface area contributed by atoms with Crippen LogP contribution in [-0.2, 0) is 17.8 Å². The second-order valence-corrected chi connectivity index (χ2v) is 8.28. The van der Waals surface area contributed by atoms with Crippen molar-refractivity contribution in [3.05, 3.63) is 78.0 Å². The van der Waals surface area contributed by atoms with E-state index in [1.807, 2.05) is 35.4 Å². The van der Waals surface area contributed by atoms with Gasteiger partial charge in [-0.05, 0) is 48.4 Å². The molecular weight excluding hydrogens is 398 g/mol. The van der Waals surface area contributed by atoms with Gasteiger partial charge < -0.3 is 15.5 Å². The minimum absolute atomic E-state index is 0.125. The lowest BCUT2D eigenvalue weighted by Gasteiger charge is -2.32. The van der Waals surface area contributed by atoms with Gasteiger partial charge in [0.15, 0.2) is 5.96 Å². The summed E-state index contributed by atoms with van der Waals surface area (Å²) in [6, 6.07) is 20.7. The lowest BCUT2D eigenvalue weighted by atomic mass is 9.90. The number of guanidine groups is 1. The Labute approximate surface area is 189 Å². The molecule has 0 saturated carbocycles. The van der Waals surface area contributed by atoms with Crippen LogP contribution in [0.4, 0.5) is 0 Å². The number of benzene rings is 2. The van der Waals surface area contributed by atoms with E-state index in [-0.39, 0.29) is 12.5 Å². The molecule has 1 aliphatic heterocycles. The highest BCUT2D eigenvalue weighted by atomic mass is 16.2. The van der Waals surface area contributed by atoms with Crippen molar-refractivity contribution in [1.29, 1.82) is 0 Å². The largest absolute Gasteiger partial charge is 0.352 e. The number of hydrogen-bond acceptors (Lipinski definition) is 3. The molecule has 0 radical (unpaired) electrons. The van der Waals surface area contributed by atoms with Crippen molar-refractivity contribution in [2.24, 2.45) is 10.9 Å². The molecule has 3 aromatic rings. The number of rotatable bonds is 6. The first kappa shape index (κ1) is 21.8. The van der Waals surface area contributed by atoms with Crippen LogP contribution in [0, 0.1) is 5.92 Å². The van der Waals surface area contributed by atoms with Gasteiger partial charge >= 0.3 is 0 Å². The fourth-order valence-corrected chi connectivity index (χ4v) is 4.31. The molecule has 1 amide bonds. The summed E-state index contributed by atoms with van der Waals surface area (Å²) in [6.45, 7) is 2.52. The third kappa shape index (κ3) is 5.63. The number of aliphatic imine (C=N–C) groups is 1. The smallest absolute Gasteiger partial charge is 0.241 e. The molecular formula is C26H31N5O. The predicted molar refractivity (Wildman–Crippen MR) is 129 cm³/mol. The highest BCUT2D eigenvalue weighted by Gasteiger charge is 2.22. The van der Waals surface area contributed by atoms with Crippen molar-refractivity contribution in [3.63, 3.8) is 0 Å². The Kier molecular flexibility index (Phi) is 7.33. The van der Waals surface area contributed by atoms with E-state index in [1.165, 1.54) is 5.56 Å². The maximum absolute atomic E-state index is 12.7. The number of nitrogens with zero attached hydrogens (tertiary/aromatic N) is 3. The molecule has 166 valence electrons. The number of fused-ring (bicyclic) bond motifs is 1. The van der Waals surface area contributed by atoms with Gasteiger partial charge in [0.25, 0.3) is 0 Å². The molecule has 0 unspecified atom stereocenters. The number of pyridine rings is 1. The van der Waals surface area contributed by atoms with Gasteiger partial charge in [0.1, 0.15) is 0 Å². The SMILES string of the molecule is CN=C(NCC(=O)N1CCC(Cc2ccccc2)CC1)NCc1ccnc2ccccc12. The molecule has 6 heteroatoms. The fraction of sp³-hybridized carbons (Fsp3) is 0.346. The van der Waals surface area contributed by atoms with Gasteiger partial charge in [-0.1, -0.05) is 48.5 Å². The van der Waals surface area contributed by atoms with E-state index in [9.17, 15) is 4.79 Å². The van der Waals surface area contributed by atoms with Gasteiger partial charge in [-0.2, -0.15) is 0 Å². The molecule has 0 atom stereocenters. The van der Waals surface area contributed by atoms with E-state index in [1.54, 1.807) is 7.05 Å². The molecule has 1 aromatic heterocycles. The molecule has 0 bridgehead atoms. The third-order valence-corrected chi connectivity index (χ3v) is 6.15. The Morgan fingerprint density at radius 2 is 1.78 bits per heavy atom. The lowest BCUT2D eigenvalue weighted by Crippen LogP contribution is -2.46. The van der Waals surface area contributed by atoms with E-state index in [2.05, 4.69) is 57.0 Å². The molecule has 0 aliphatic carbocycles. The Balaban J connectivity index is 1.22. The summed E-state index contributed by atoms with van der Waals surface area (Å²) < 4.78 is 0. The van der Waals surface area contributed by atoms with Crippen LogP contribution in [0.3, 0.4) is 0 Å². The fourth-order valence-electron chi connectivity index (χ4n) is 4.31. The van der Waals surface area contributed by atoms with E-state index < -0.39 is 0 Å². The minimum atomic E-state index is 0.125. The van der Waals surface area contributed by atoms with Crippen LogP contribution in [0.15, 0.2) is 71.9 Å². The second-order valence-electron chi connectivity index (χ2n) is 8.28. The zero-order valence-electron chi connectivity index (χ0n) is 18.6. The number of aromatic nitrogens is 1. The van der Waals surface area contributed by atoms with Crippen LogP contribution >= 0.6 is 0 Å². The van der Waals surface area contributed by atoms with Crippen LogP contribution in [0.1, 0.15) is 24.0 Å². The summed E-state index contributed by atoms with van der Waals surface area (Å²) in [7, 11) is 1.72. The molecule has 2 heterocycles. The Bertz CT molecular complexity index is 1050. The van der Waals surface area contributed by atoms with E-state index in [0.29, 0.717) is 18.4 Å². The third-order valence-electron chi connectivity index (χ3n) is 6.15. The van der Waals surface area contributed by atoms with Crippen molar-refractivity contribution < 1.29 is 4.79 Å². The van der Waals surface area contributed by atoms with Gasteiger partial charge in [-0.25, -0.2) is 0 Å².